The summed E-state index contributed by atoms with van der Waals surface area (Å²) in [6.45, 7) is 8.58. The molecule has 2 aromatic heterocycles. The maximum atomic E-state index is 4.58. The molecular weight excluding hydrogens is 292 g/mol. The van der Waals surface area contributed by atoms with Crippen LogP contribution in [0.5, 0.6) is 0 Å². The van der Waals surface area contributed by atoms with Crippen LogP contribution in [0.4, 0.5) is 0 Å². The SMILES string of the molecule is CC(C)Cc1ncc(CN2CCNCC2c2cccnc2)s1. The predicted octanol–water partition coefficient (Wildman–Crippen LogP) is 2.88. The van der Waals surface area contributed by atoms with Crippen LogP contribution in [0, 0.1) is 5.92 Å². The molecule has 0 radical (unpaired) electrons. The van der Waals surface area contributed by atoms with E-state index in [9.17, 15) is 0 Å². The van der Waals surface area contributed by atoms with Crippen LogP contribution in [-0.2, 0) is 13.0 Å². The molecule has 1 aliphatic heterocycles. The third kappa shape index (κ3) is 3.91. The van der Waals surface area contributed by atoms with E-state index in [0.717, 1.165) is 32.6 Å². The fourth-order valence-electron chi connectivity index (χ4n) is 2.90. The summed E-state index contributed by atoms with van der Waals surface area (Å²) in [6, 6.07) is 4.60. The van der Waals surface area contributed by atoms with Gasteiger partial charge in [-0.25, -0.2) is 4.98 Å². The minimum atomic E-state index is 0.401. The number of hydrogen-bond acceptors (Lipinski definition) is 5. The lowest BCUT2D eigenvalue weighted by molar-refractivity contribution is 0.155. The van der Waals surface area contributed by atoms with Gasteiger partial charge >= 0.3 is 0 Å². The maximum Gasteiger partial charge on any atom is 0.0930 e. The van der Waals surface area contributed by atoms with Crippen molar-refractivity contribution in [3.05, 3.63) is 46.2 Å². The zero-order valence-electron chi connectivity index (χ0n) is 13.3. The van der Waals surface area contributed by atoms with Crippen molar-refractivity contribution in [1.29, 1.82) is 0 Å². The lowest BCUT2D eigenvalue weighted by atomic mass is 10.1. The van der Waals surface area contributed by atoms with Crippen LogP contribution in [0.15, 0.2) is 30.7 Å². The molecule has 0 aliphatic carbocycles. The fourth-order valence-corrected chi connectivity index (χ4v) is 4.06. The Labute approximate surface area is 136 Å². The molecule has 0 bridgehead atoms. The summed E-state index contributed by atoms with van der Waals surface area (Å²) in [5, 5.41) is 4.76. The number of nitrogens with one attached hydrogen (secondary N) is 1. The minimum Gasteiger partial charge on any atom is -0.314 e. The summed E-state index contributed by atoms with van der Waals surface area (Å²) >= 11 is 1.86. The van der Waals surface area contributed by atoms with Gasteiger partial charge in [-0.15, -0.1) is 11.3 Å². The molecule has 1 atom stereocenters. The van der Waals surface area contributed by atoms with Crippen LogP contribution < -0.4 is 5.32 Å². The molecule has 1 saturated heterocycles. The maximum absolute atomic E-state index is 4.58. The molecule has 2 aromatic rings. The van der Waals surface area contributed by atoms with Crippen molar-refractivity contribution < 1.29 is 0 Å². The Hall–Kier alpha value is -1.30. The van der Waals surface area contributed by atoms with Gasteiger partial charge in [0.15, 0.2) is 0 Å². The van der Waals surface area contributed by atoms with Crippen LogP contribution in [0.2, 0.25) is 0 Å². The van der Waals surface area contributed by atoms with Crippen molar-refractivity contribution in [3.63, 3.8) is 0 Å². The van der Waals surface area contributed by atoms with E-state index in [0.29, 0.717) is 12.0 Å². The lowest BCUT2D eigenvalue weighted by Crippen LogP contribution is -2.45. The molecule has 0 spiro atoms. The van der Waals surface area contributed by atoms with E-state index in [1.54, 1.807) is 0 Å². The van der Waals surface area contributed by atoms with E-state index >= 15 is 0 Å². The molecule has 22 heavy (non-hydrogen) atoms. The Bertz CT molecular complexity index is 581. The van der Waals surface area contributed by atoms with Crippen molar-refractivity contribution in [3.8, 4) is 0 Å². The average Bonchev–Trinajstić information content (AvgIpc) is 2.95. The number of rotatable bonds is 5. The summed E-state index contributed by atoms with van der Waals surface area (Å²) in [6.07, 6.45) is 6.97. The van der Waals surface area contributed by atoms with Gasteiger partial charge in [0.05, 0.1) is 5.01 Å². The fraction of sp³-hybridized carbons (Fsp3) is 0.529. The second-order valence-corrected chi connectivity index (χ2v) is 7.49. The summed E-state index contributed by atoms with van der Waals surface area (Å²) in [7, 11) is 0. The van der Waals surface area contributed by atoms with Crippen LogP contribution in [-0.4, -0.2) is 34.5 Å². The molecule has 3 rings (SSSR count). The molecule has 1 unspecified atom stereocenters. The Balaban J connectivity index is 1.70. The van der Waals surface area contributed by atoms with E-state index in [-0.39, 0.29) is 0 Å². The summed E-state index contributed by atoms with van der Waals surface area (Å²) in [5.41, 5.74) is 1.29. The van der Waals surface area contributed by atoms with Crippen molar-refractivity contribution >= 4 is 11.3 Å². The summed E-state index contributed by atoms with van der Waals surface area (Å²) in [4.78, 5) is 12.8. The molecule has 118 valence electrons. The highest BCUT2D eigenvalue weighted by atomic mass is 32.1. The van der Waals surface area contributed by atoms with Gasteiger partial charge < -0.3 is 5.32 Å². The number of nitrogens with zero attached hydrogens (tertiary/aromatic N) is 3. The van der Waals surface area contributed by atoms with Crippen LogP contribution >= 0.6 is 11.3 Å². The minimum absolute atomic E-state index is 0.401. The van der Waals surface area contributed by atoms with Crippen LogP contribution in [0.1, 0.15) is 35.3 Å². The van der Waals surface area contributed by atoms with Crippen LogP contribution in [0.25, 0.3) is 0 Å². The first kappa shape index (κ1) is 15.6. The quantitative estimate of drug-likeness (QED) is 0.921. The largest absolute Gasteiger partial charge is 0.314 e. The molecular formula is C17H24N4S. The number of hydrogen-bond donors (Lipinski definition) is 1. The monoisotopic (exact) mass is 316 g/mol. The Morgan fingerprint density at radius 1 is 1.41 bits per heavy atom. The van der Waals surface area contributed by atoms with E-state index in [1.165, 1.54) is 15.4 Å². The zero-order chi connectivity index (χ0) is 15.4. The highest BCUT2D eigenvalue weighted by Crippen LogP contribution is 2.26. The predicted molar refractivity (Wildman–Crippen MR) is 90.9 cm³/mol. The van der Waals surface area contributed by atoms with Crippen molar-refractivity contribution in [2.45, 2.75) is 32.9 Å². The third-order valence-electron chi connectivity index (χ3n) is 3.97. The van der Waals surface area contributed by atoms with Gasteiger partial charge in [-0.05, 0) is 17.5 Å². The van der Waals surface area contributed by atoms with Gasteiger partial charge in [0.2, 0.25) is 0 Å². The van der Waals surface area contributed by atoms with Crippen molar-refractivity contribution in [2.75, 3.05) is 19.6 Å². The van der Waals surface area contributed by atoms with Gasteiger partial charge in [-0.3, -0.25) is 9.88 Å². The second kappa shape index (κ2) is 7.31. The third-order valence-corrected chi connectivity index (χ3v) is 4.97. The van der Waals surface area contributed by atoms with Crippen LogP contribution in [0.3, 0.4) is 0 Å². The van der Waals surface area contributed by atoms with E-state index in [1.807, 2.05) is 29.8 Å². The number of aromatic nitrogens is 2. The Morgan fingerprint density at radius 3 is 3.09 bits per heavy atom. The average molecular weight is 316 g/mol. The molecule has 0 amide bonds. The molecule has 0 aromatic carbocycles. The van der Waals surface area contributed by atoms with E-state index < -0.39 is 0 Å². The number of thiazole rings is 1. The topological polar surface area (TPSA) is 41.1 Å². The molecule has 0 saturated carbocycles. The van der Waals surface area contributed by atoms with Gasteiger partial charge in [-0.1, -0.05) is 19.9 Å². The molecule has 1 fully saturated rings. The first-order chi connectivity index (χ1) is 10.7. The highest BCUT2D eigenvalue weighted by molar-refractivity contribution is 7.11. The van der Waals surface area contributed by atoms with Gasteiger partial charge in [0, 0.05) is 62.1 Å². The highest BCUT2D eigenvalue weighted by Gasteiger charge is 2.24. The van der Waals surface area contributed by atoms with Gasteiger partial charge in [0.25, 0.3) is 0 Å². The molecule has 4 nitrogen and oxygen atoms in total. The normalized spacial score (nSPS) is 19.7. The number of piperazine rings is 1. The summed E-state index contributed by atoms with van der Waals surface area (Å²) in [5.74, 6) is 0.668. The zero-order valence-corrected chi connectivity index (χ0v) is 14.1. The smallest absolute Gasteiger partial charge is 0.0930 e. The number of pyridine rings is 1. The molecule has 5 heteroatoms. The molecule has 3 heterocycles. The lowest BCUT2D eigenvalue weighted by Gasteiger charge is -2.36. The van der Waals surface area contributed by atoms with Gasteiger partial charge in [-0.2, -0.15) is 0 Å². The van der Waals surface area contributed by atoms with Crippen molar-refractivity contribution in [2.24, 2.45) is 5.92 Å². The Kier molecular flexibility index (Phi) is 5.18. The Morgan fingerprint density at radius 2 is 2.32 bits per heavy atom. The second-order valence-electron chi connectivity index (χ2n) is 6.30. The van der Waals surface area contributed by atoms with E-state index in [4.69, 9.17) is 0 Å². The molecule has 1 N–H and O–H groups in total. The first-order valence-corrected chi connectivity index (χ1v) is 8.82. The first-order valence-electron chi connectivity index (χ1n) is 8.00. The van der Waals surface area contributed by atoms with Crippen molar-refractivity contribution in [1.82, 2.24) is 20.2 Å². The van der Waals surface area contributed by atoms with E-state index in [2.05, 4.69) is 46.3 Å². The standard InChI is InChI=1S/C17H24N4S/c1-13(2)8-17-20-10-15(22-17)12-21-7-6-19-11-16(21)14-4-3-5-18-9-14/h3-5,9-10,13,16,19H,6-8,11-12H2,1-2H3. The molecule has 1 aliphatic rings. The van der Waals surface area contributed by atoms with Gasteiger partial charge in [0.1, 0.15) is 0 Å². The summed E-state index contributed by atoms with van der Waals surface area (Å²) < 4.78 is 0.